The third kappa shape index (κ3) is 5.56. The van der Waals surface area contributed by atoms with Crippen molar-refractivity contribution < 1.29 is 19.7 Å². The molecule has 0 aliphatic rings. The maximum absolute atomic E-state index is 13.7. The predicted molar refractivity (Wildman–Crippen MR) is 165 cm³/mol. The third-order valence-electron chi connectivity index (χ3n) is 7.09. The highest BCUT2D eigenvalue weighted by Crippen LogP contribution is 2.44. The Morgan fingerprint density at radius 1 is 0.907 bits per heavy atom. The maximum atomic E-state index is 13.7. The summed E-state index contributed by atoms with van der Waals surface area (Å²) in [5, 5.41) is 32.0. The highest BCUT2D eigenvalue weighted by Gasteiger charge is 2.34. The van der Waals surface area contributed by atoms with Gasteiger partial charge in [-0.25, -0.2) is 0 Å². The average Bonchev–Trinajstić information content (AvgIpc) is 3.00. The summed E-state index contributed by atoms with van der Waals surface area (Å²) in [7, 11) is 5.81. The van der Waals surface area contributed by atoms with Gasteiger partial charge in [0.25, 0.3) is 11.1 Å². The normalized spacial score (nSPS) is 11.0. The van der Waals surface area contributed by atoms with Gasteiger partial charge in [0.2, 0.25) is 11.8 Å². The number of benzene rings is 2. The van der Waals surface area contributed by atoms with E-state index in [1.807, 2.05) is 0 Å². The van der Waals surface area contributed by atoms with E-state index in [1.165, 1.54) is 49.5 Å². The van der Waals surface area contributed by atoms with Gasteiger partial charge in [-0.15, -0.1) is 0 Å². The summed E-state index contributed by atoms with van der Waals surface area (Å²) in [5.74, 6) is -2.04. The smallest absolute Gasteiger partial charge is 0.262 e. The molecule has 0 bridgehead atoms. The second-order valence-electron chi connectivity index (χ2n) is 9.64. The molecule has 0 amide bonds. The standard InChI is InChI=1S/C29H28ClN5O6S2/c1-6-40-19-12-17(11-18(30)23(19)41-14-16-10-8-7-9-15(16)13-31)20(21-24(36)32(2)28(42)33(3)25(21)37)22-26(38)34(4)29(43)35(5)27(22)39/h7-12,20,36,38H,6,14H2,1-5H3. The van der Waals surface area contributed by atoms with Crippen molar-refractivity contribution in [2.45, 2.75) is 19.4 Å². The molecule has 0 unspecified atom stereocenters. The van der Waals surface area contributed by atoms with E-state index in [9.17, 15) is 25.1 Å². The first kappa shape index (κ1) is 31.6. The second-order valence-corrected chi connectivity index (χ2v) is 10.8. The second kappa shape index (κ2) is 12.5. The topological polar surface area (TPSA) is 137 Å². The van der Waals surface area contributed by atoms with E-state index >= 15 is 0 Å². The average molecular weight is 642 g/mol. The Bertz CT molecular complexity index is 1950. The molecule has 2 N–H and O–H groups in total. The van der Waals surface area contributed by atoms with Crippen molar-refractivity contribution in [1.82, 2.24) is 18.3 Å². The number of rotatable bonds is 8. The highest BCUT2D eigenvalue weighted by atomic mass is 35.5. The molecule has 4 rings (SSSR count). The summed E-state index contributed by atoms with van der Waals surface area (Å²) in [6.07, 6.45) is 0. The van der Waals surface area contributed by atoms with Crippen LogP contribution >= 0.6 is 36.0 Å². The third-order valence-corrected chi connectivity index (χ3v) is 8.46. The van der Waals surface area contributed by atoms with Gasteiger partial charge in [-0.3, -0.25) is 27.9 Å². The SMILES string of the molecule is CCOc1cc(C(c2c(O)n(C)c(=S)n(C)c2=O)c2c(O)n(C)c(=S)n(C)c2=O)cc(Cl)c1OCc1ccccc1C#N. The molecule has 0 fully saturated rings. The molecule has 43 heavy (non-hydrogen) atoms. The van der Waals surface area contributed by atoms with E-state index in [4.69, 9.17) is 45.5 Å². The first-order valence-corrected chi connectivity index (χ1v) is 14.1. The first-order chi connectivity index (χ1) is 20.3. The van der Waals surface area contributed by atoms with E-state index in [2.05, 4.69) is 6.07 Å². The summed E-state index contributed by atoms with van der Waals surface area (Å²) >= 11 is 17.3. The summed E-state index contributed by atoms with van der Waals surface area (Å²) in [6.45, 7) is 1.96. The largest absolute Gasteiger partial charge is 0.494 e. The minimum Gasteiger partial charge on any atom is -0.494 e. The van der Waals surface area contributed by atoms with Gasteiger partial charge < -0.3 is 19.7 Å². The fourth-order valence-corrected chi connectivity index (χ4v) is 5.38. The van der Waals surface area contributed by atoms with Crippen LogP contribution in [0.25, 0.3) is 0 Å². The van der Waals surface area contributed by atoms with Crippen LogP contribution in [0.3, 0.4) is 0 Å². The molecule has 11 nitrogen and oxygen atoms in total. The van der Waals surface area contributed by atoms with E-state index in [0.29, 0.717) is 11.1 Å². The predicted octanol–water partition coefficient (Wildman–Crippen LogP) is 4.31. The molecule has 224 valence electrons. The lowest BCUT2D eigenvalue weighted by Crippen LogP contribution is -2.33. The first-order valence-electron chi connectivity index (χ1n) is 12.9. The minimum atomic E-state index is -1.36. The van der Waals surface area contributed by atoms with Gasteiger partial charge in [0, 0.05) is 33.8 Å². The molecule has 0 radical (unpaired) electrons. The maximum Gasteiger partial charge on any atom is 0.262 e. The van der Waals surface area contributed by atoms with Gasteiger partial charge in [-0.2, -0.15) is 5.26 Å². The number of aromatic nitrogens is 4. The molecule has 14 heteroatoms. The molecule has 4 aromatic rings. The number of aromatic hydroxyl groups is 2. The minimum absolute atomic E-state index is 0.00122. The van der Waals surface area contributed by atoms with Gasteiger partial charge in [-0.1, -0.05) is 29.8 Å². The Labute approximate surface area is 261 Å². The lowest BCUT2D eigenvalue weighted by atomic mass is 9.86. The Hall–Kier alpha value is -4.38. The number of hydrogen-bond acceptors (Lipinski definition) is 9. The molecule has 0 aliphatic carbocycles. The van der Waals surface area contributed by atoms with E-state index in [1.54, 1.807) is 31.2 Å². The Balaban J connectivity index is 2.05. The molecule has 2 aromatic carbocycles. The molecular formula is C29H28ClN5O6S2. The van der Waals surface area contributed by atoms with E-state index < -0.39 is 28.8 Å². The molecule has 0 saturated heterocycles. The van der Waals surface area contributed by atoms with Gasteiger partial charge >= 0.3 is 0 Å². The van der Waals surface area contributed by atoms with Crippen molar-refractivity contribution >= 4 is 36.0 Å². The summed E-state index contributed by atoms with van der Waals surface area (Å²) in [6, 6.07) is 12.0. The number of halogens is 1. The van der Waals surface area contributed by atoms with Crippen LogP contribution in [-0.4, -0.2) is 35.1 Å². The highest BCUT2D eigenvalue weighted by molar-refractivity contribution is 7.71. The monoisotopic (exact) mass is 641 g/mol. The van der Waals surface area contributed by atoms with Crippen LogP contribution in [0.15, 0.2) is 46.0 Å². The van der Waals surface area contributed by atoms with Gasteiger partial charge in [-0.05, 0) is 55.1 Å². The van der Waals surface area contributed by atoms with Gasteiger partial charge in [0.05, 0.1) is 40.3 Å². The number of hydrogen-bond donors (Lipinski definition) is 2. The molecule has 0 spiro atoms. The van der Waals surface area contributed by atoms with Gasteiger partial charge in [0.1, 0.15) is 6.61 Å². The van der Waals surface area contributed by atoms with Crippen LogP contribution in [0, 0.1) is 20.9 Å². The number of nitrogens with zero attached hydrogens (tertiary/aromatic N) is 5. The molecule has 2 aromatic heterocycles. The Kier molecular flexibility index (Phi) is 9.15. The van der Waals surface area contributed by atoms with Crippen molar-refractivity contribution in [1.29, 1.82) is 5.26 Å². The molecule has 2 heterocycles. The molecule has 0 aliphatic heterocycles. The zero-order valence-electron chi connectivity index (χ0n) is 23.9. The van der Waals surface area contributed by atoms with Crippen LogP contribution in [0.5, 0.6) is 23.3 Å². The quantitative estimate of drug-likeness (QED) is 0.270. The van der Waals surface area contributed by atoms with Crippen molar-refractivity contribution in [3.63, 3.8) is 0 Å². The number of ether oxygens (including phenoxy) is 2. The van der Waals surface area contributed by atoms with E-state index in [-0.39, 0.29) is 56.0 Å². The Morgan fingerprint density at radius 3 is 1.95 bits per heavy atom. The summed E-state index contributed by atoms with van der Waals surface area (Å²) in [4.78, 5) is 27.4. The van der Waals surface area contributed by atoms with Crippen molar-refractivity contribution in [3.8, 4) is 29.3 Å². The zero-order valence-corrected chi connectivity index (χ0v) is 26.3. The lowest BCUT2D eigenvalue weighted by Gasteiger charge is -2.24. The van der Waals surface area contributed by atoms with Crippen LogP contribution in [-0.2, 0) is 34.8 Å². The fourth-order valence-electron chi connectivity index (χ4n) is 4.76. The van der Waals surface area contributed by atoms with Crippen LogP contribution in [0.2, 0.25) is 5.02 Å². The molecular weight excluding hydrogens is 614 g/mol. The van der Waals surface area contributed by atoms with Crippen molar-refractivity contribution in [2.24, 2.45) is 28.2 Å². The Morgan fingerprint density at radius 2 is 1.44 bits per heavy atom. The van der Waals surface area contributed by atoms with Crippen LogP contribution in [0.1, 0.15) is 40.7 Å². The van der Waals surface area contributed by atoms with Crippen molar-refractivity contribution in [2.75, 3.05) is 6.61 Å². The molecule has 0 atom stereocenters. The lowest BCUT2D eigenvalue weighted by molar-refractivity contribution is 0.269. The van der Waals surface area contributed by atoms with E-state index in [0.717, 1.165) is 9.13 Å². The zero-order chi connectivity index (χ0) is 31.7. The van der Waals surface area contributed by atoms with Crippen molar-refractivity contribution in [3.05, 3.63) is 99.5 Å². The number of nitriles is 1. The molecule has 0 saturated carbocycles. The summed E-state index contributed by atoms with van der Waals surface area (Å²) in [5.41, 5.74) is -0.578. The fraction of sp³-hybridized carbons (Fsp3) is 0.276. The van der Waals surface area contributed by atoms with Gasteiger partial charge in [0.15, 0.2) is 21.0 Å². The summed E-state index contributed by atoms with van der Waals surface area (Å²) < 4.78 is 16.7. The van der Waals surface area contributed by atoms with Crippen LogP contribution < -0.4 is 20.6 Å². The van der Waals surface area contributed by atoms with Crippen LogP contribution in [0.4, 0.5) is 0 Å².